The van der Waals surface area contributed by atoms with Gasteiger partial charge in [-0.25, -0.2) is 0 Å². The van der Waals surface area contributed by atoms with E-state index in [-0.39, 0.29) is 24.6 Å². The molecule has 0 saturated heterocycles. The number of aromatic nitrogens is 1. The molecule has 0 radical (unpaired) electrons. The van der Waals surface area contributed by atoms with Crippen LogP contribution in [0.25, 0.3) is 0 Å². The Morgan fingerprint density at radius 1 is 1.28 bits per heavy atom. The molecule has 2 N–H and O–H groups in total. The minimum atomic E-state index is -0.0232. The van der Waals surface area contributed by atoms with Crippen LogP contribution in [0.3, 0.4) is 0 Å². The first-order valence-corrected chi connectivity index (χ1v) is 9.18. The molecular weight excluding hydrogens is 312 g/mol. The third kappa shape index (κ3) is 3.79. The molecule has 2 aromatic rings. The zero-order valence-electron chi connectivity index (χ0n) is 15.3. The SMILES string of the molecule is Cc1cc(C(=O)NC(CCO)C2CC2)c(C)n1C(C)c1ccccc1. The minimum absolute atomic E-state index is 0.0232. The molecule has 1 aromatic heterocycles. The first-order chi connectivity index (χ1) is 12.0. The van der Waals surface area contributed by atoms with Crippen LogP contribution in [-0.2, 0) is 0 Å². The van der Waals surface area contributed by atoms with Crippen LogP contribution in [0, 0.1) is 19.8 Å². The number of nitrogens with zero attached hydrogens (tertiary/aromatic N) is 1. The van der Waals surface area contributed by atoms with Crippen LogP contribution in [0.5, 0.6) is 0 Å². The first-order valence-electron chi connectivity index (χ1n) is 9.18. The standard InChI is InChI=1S/C21H28N2O2/c1-14-13-19(21(25)22-20(11-12-24)18-9-10-18)16(3)23(14)15(2)17-7-5-4-6-8-17/h4-8,13,15,18,20,24H,9-12H2,1-3H3,(H,22,25). The number of hydrogen-bond donors (Lipinski definition) is 2. The molecule has 0 aliphatic heterocycles. The highest BCUT2D eigenvalue weighted by Crippen LogP contribution is 2.34. The van der Waals surface area contributed by atoms with E-state index in [4.69, 9.17) is 0 Å². The van der Waals surface area contributed by atoms with Gasteiger partial charge in [0.15, 0.2) is 0 Å². The highest BCUT2D eigenvalue weighted by Gasteiger charge is 2.32. The smallest absolute Gasteiger partial charge is 0.253 e. The van der Waals surface area contributed by atoms with Gasteiger partial charge < -0.3 is 15.0 Å². The molecule has 1 amide bonds. The second kappa shape index (κ2) is 7.44. The van der Waals surface area contributed by atoms with Crippen LogP contribution in [0.15, 0.2) is 36.4 Å². The molecule has 1 fully saturated rings. The number of nitrogens with one attached hydrogen (secondary N) is 1. The molecule has 2 unspecified atom stereocenters. The fourth-order valence-corrected chi connectivity index (χ4v) is 3.79. The molecule has 134 valence electrons. The van der Waals surface area contributed by atoms with Crippen molar-refractivity contribution in [3.8, 4) is 0 Å². The summed E-state index contributed by atoms with van der Waals surface area (Å²) in [6.07, 6.45) is 2.93. The molecule has 1 saturated carbocycles. The quantitative estimate of drug-likeness (QED) is 0.809. The minimum Gasteiger partial charge on any atom is -0.396 e. The Morgan fingerprint density at radius 3 is 2.56 bits per heavy atom. The average Bonchev–Trinajstić information content (AvgIpc) is 3.40. The van der Waals surface area contributed by atoms with Crippen LogP contribution in [0.4, 0.5) is 0 Å². The molecular formula is C21H28N2O2. The Labute approximate surface area is 149 Å². The van der Waals surface area contributed by atoms with Crippen molar-refractivity contribution in [3.63, 3.8) is 0 Å². The number of aryl methyl sites for hydroxylation is 1. The Bertz CT molecular complexity index is 732. The van der Waals surface area contributed by atoms with Crippen LogP contribution in [0.1, 0.15) is 59.5 Å². The Kier molecular flexibility index (Phi) is 5.28. The van der Waals surface area contributed by atoms with E-state index in [2.05, 4.69) is 35.9 Å². The van der Waals surface area contributed by atoms with Gasteiger partial charge in [-0.15, -0.1) is 0 Å². The number of carbonyl (C=O) groups is 1. The van der Waals surface area contributed by atoms with E-state index in [0.29, 0.717) is 12.3 Å². The van der Waals surface area contributed by atoms with Crippen molar-refractivity contribution in [1.82, 2.24) is 9.88 Å². The third-order valence-electron chi connectivity index (χ3n) is 5.35. The van der Waals surface area contributed by atoms with Gasteiger partial charge in [-0.1, -0.05) is 30.3 Å². The average molecular weight is 340 g/mol. The zero-order chi connectivity index (χ0) is 18.0. The van der Waals surface area contributed by atoms with Crippen molar-refractivity contribution in [2.75, 3.05) is 6.61 Å². The summed E-state index contributed by atoms with van der Waals surface area (Å²) in [7, 11) is 0. The Hall–Kier alpha value is -2.07. The number of benzene rings is 1. The number of amides is 1. The molecule has 1 heterocycles. The lowest BCUT2D eigenvalue weighted by atomic mass is 10.1. The zero-order valence-corrected chi connectivity index (χ0v) is 15.3. The first kappa shape index (κ1) is 17.7. The largest absolute Gasteiger partial charge is 0.396 e. The fourth-order valence-electron chi connectivity index (χ4n) is 3.79. The van der Waals surface area contributed by atoms with E-state index in [0.717, 1.165) is 29.8 Å². The van der Waals surface area contributed by atoms with Gasteiger partial charge in [0.2, 0.25) is 0 Å². The molecule has 1 aliphatic carbocycles. The molecule has 2 atom stereocenters. The van der Waals surface area contributed by atoms with Crippen LogP contribution in [0.2, 0.25) is 0 Å². The van der Waals surface area contributed by atoms with Gasteiger partial charge in [-0.05, 0) is 57.6 Å². The molecule has 0 spiro atoms. The predicted octanol–water partition coefficient (Wildman–Crippen LogP) is 3.61. The Balaban J connectivity index is 1.82. The van der Waals surface area contributed by atoms with Crippen molar-refractivity contribution in [2.45, 2.75) is 52.1 Å². The number of aliphatic hydroxyl groups is 1. The maximum absolute atomic E-state index is 12.8. The normalized spacial score (nSPS) is 16.5. The maximum Gasteiger partial charge on any atom is 0.253 e. The summed E-state index contributed by atoms with van der Waals surface area (Å²) in [4.78, 5) is 12.8. The molecule has 25 heavy (non-hydrogen) atoms. The van der Waals surface area contributed by atoms with Crippen LogP contribution < -0.4 is 5.32 Å². The number of hydrogen-bond acceptors (Lipinski definition) is 2. The monoisotopic (exact) mass is 340 g/mol. The lowest BCUT2D eigenvalue weighted by Gasteiger charge is -2.20. The summed E-state index contributed by atoms with van der Waals surface area (Å²) in [6, 6.07) is 12.6. The number of aliphatic hydroxyl groups excluding tert-OH is 1. The summed E-state index contributed by atoms with van der Waals surface area (Å²) < 4.78 is 2.22. The van der Waals surface area contributed by atoms with Crippen LogP contribution in [-0.4, -0.2) is 28.2 Å². The van der Waals surface area contributed by atoms with E-state index in [1.165, 1.54) is 5.56 Å². The summed E-state index contributed by atoms with van der Waals surface area (Å²) >= 11 is 0. The van der Waals surface area contributed by atoms with E-state index in [1.807, 2.05) is 31.2 Å². The van der Waals surface area contributed by atoms with E-state index in [1.54, 1.807) is 0 Å². The van der Waals surface area contributed by atoms with Crippen molar-refractivity contribution >= 4 is 5.91 Å². The van der Waals surface area contributed by atoms with Crippen molar-refractivity contribution < 1.29 is 9.90 Å². The van der Waals surface area contributed by atoms with Gasteiger partial charge in [0, 0.05) is 24.0 Å². The van der Waals surface area contributed by atoms with E-state index < -0.39 is 0 Å². The Morgan fingerprint density at radius 2 is 1.96 bits per heavy atom. The summed E-state index contributed by atoms with van der Waals surface area (Å²) in [5.41, 5.74) is 4.05. The van der Waals surface area contributed by atoms with Gasteiger partial charge in [-0.2, -0.15) is 0 Å². The lowest BCUT2D eigenvalue weighted by molar-refractivity contribution is 0.0923. The topological polar surface area (TPSA) is 54.3 Å². The van der Waals surface area contributed by atoms with Crippen LogP contribution >= 0.6 is 0 Å². The molecule has 3 rings (SSSR count). The fraction of sp³-hybridized carbons (Fsp3) is 0.476. The molecule has 1 aliphatic rings. The van der Waals surface area contributed by atoms with Gasteiger partial charge >= 0.3 is 0 Å². The van der Waals surface area contributed by atoms with Gasteiger partial charge in [0.1, 0.15) is 0 Å². The number of rotatable bonds is 7. The van der Waals surface area contributed by atoms with Gasteiger partial charge in [0.25, 0.3) is 5.91 Å². The van der Waals surface area contributed by atoms with Gasteiger partial charge in [0.05, 0.1) is 11.6 Å². The van der Waals surface area contributed by atoms with Crippen molar-refractivity contribution in [1.29, 1.82) is 0 Å². The summed E-state index contributed by atoms with van der Waals surface area (Å²) in [5, 5.41) is 12.4. The van der Waals surface area contributed by atoms with E-state index in [9.17, 15) is 9.90 Å². The van der Waals surface area contributed by atoms with Crippen molar-refractivity contribution in [2.24, 2.45) is 5.92 Å². The number of carbonyl (C=O) groups excluding carboxylic acids is 1. The molecule has 4 heteroatoms. The van der Waals surface area contributed by atoms with Crippen molar-refractivity contribution in [3.05, 3.63) is 58.9 Å². The second-order valence-corrected chi connectivity index (χ2v) is 7.17. The molecule has 4 nitrogen and oxygen atoms in total. The maximum atomic E-state index is 12.8. The lowest BCUT2D eigenvalue weighted by Crippen LogP contribution is -2.37. The highest BCUT2D eigenvalue weighted by atomic mass is 16.3. The molecule has 0 bridgehead atoms. The van der Waals surface area contributed by atoms with E-state index >= 15 is 0 Å². The second-order valence-electron chi connectivity index (χ2n) is 7.17. The van der Waals surface area contributed by atoms with Gasteiger partial charge in [-0.3, -0.25) is 4.79 Å². The predicted molar refractivity (Wildman–Crippen MR) is 99.8 cm³/mol. The third-order valence-corrected chi connectivity index (χ3v) is 5.35. The molecule has 1 aromatic carbocycles. The highest BCUT2D eigenvalue weighted by molar-refractivity contribution is 5.96. The summed E-state index contributed by atoms with van der Waals surface area (Å²) in [6.45, 7) is 6.34. The summed E-state index contributed by atoms with van der Waals surface area (Å²) in [5.74, 6) is 0.507.